The van der Waals surface area contributed by atoms with Crippen molar-refractivity contribution in [2.75, 3.05) is 12.3 Å². The molecular formula is C15H26N2O3S. The maximum Gasteiger partial charge on any atom is 0.243 e. The molecule has 1 N–H and O–H groups in total. The molecule has 0 spiro atoms. The molecule has 120 valence electrons. The van der Waals surface area contributed by atoms with Crippen molar-refractivity contribution in [1.29, 1.82) is 0 Å². The number of hydrogen-bond acceptors (Lipinski definition) is 4. The van der Waals surface area contributed by atoms with E-state index in [9.17, 15) is 14.4 Å². The number of amides is 3. The average Bonchev–Trinajstić information content (AvgIpc) is 2.69. The minimum atomic E-state index is -0.312. The second-order valence-corrected chi connectivity index (χ2v) is 6.88. The SMILES string of the molecule is CCCCCNC(=O)CCSC1CC(=O)N(C(C)C)C1=O. The summed E-state index contributed by atoms with van der Waals surface area (Å²) in [5, 5.41) is 2.56. The van der Waals surface area contributed by atoms with Crippen LogP contribution in [0.1, 0.15) is 52.9 Å². The van der Waals surface area contributed by atoms with Crippen molar-refractivity contribution >= 4 is 29.5 Å². The van der Waals surface area contributed by atoms with Gasteiger partial charge < -0.3 is 5.32 Å². The number of nitrogens with zero attached hydrogens (tertiary/aromatic N) is 1. The maximum absolute atomic E-state index is 12.1. The zero-order valence-electron chi connectivity index (χ0n) is 13.2. The van der Waals surface area contributed by atoms with E-state index in [1.807, 2.05) is 13.8 Å². The fourth-order valence-electron chi connectivity index (χ4n) is 2.28. The van der Waals surface area contributed by atoms with Crippen LogP contribution in [0.15, 0.2) is 0 Å². The summed E-state index contributed by atoms with van der Waals surface area (Å²) in [7, 11) is 0. The van der Waals surface area contributed by atoms with Gasteiger partial charge in [0.15, 0.2) is 0 Å². The number of likely N-dealkylation sites (tertiary alicyclic amines) is 1. The lowest BCUT2D eigenvalue weighted by Crippen LogP contribution is -2.37. The molecule has 0 saturated carbocycles. The van der Waals surface area contributed by atoms with Gasteiger partial charge in [0, 0.05) is 31.2 Å². The van der Waals surface area contributed by atoms with Gasteiger partial charge >= 0.3 is 0 Å². The van der Waals surface area contributed by atoms with Crippen LogP contribution in [0.4, 0.5) is 0 Å². The standard InChI is InChI=1S/C15H26N2O3S/c1-4-5-6-8-16-13(18)7-9-21-12-10-14(19)17(11(2)3)15(12)20/h11-12H,4-10H2,1-3H3,(H,16,18). The van der Waals surface area contributed by atoms with Crippen LogP contribution < -0.4 is 5.32 Å². The quantitative estimate of drug-likeness (QED) is 0.522. The highest BCUT2D eigenvalue weighted by molar-refractivity contribution is 8.00. The number of imide groups is 1. The second kappa shape index (κ2) is 9.07. The Labute approximate surface area is 131 Å². The number of carbonyl (C=O) groups excluding carboxylic acids is 3. The third-order valence-electron chi connectivity index (χ3n) is 3.41. The van der Waals surface area contributed by atoms with Crippen LogP contribution in [0.3, 0.4) is 0 Å². The molecule has 1 atom stereocenters. The van der Waals surface area contributed by atoms with Gasteiger partial charge in [0.1, 0.15) is 0 Å². The predicted molar refractivity (Wildman–Crippen MR) is 85.0 cm³/mol. The Bertz CT molecular complexity index is 385. The number of nitrogens with one attached hydrogen (secondary N) is 1. The van der Waals surface area contributed by atoms with E-state index in [0.29, 0.717) is 12.2 Å². The van der Waals surface area contributed by atoms with Gasteiger partial charge in [-0.2, -0.15) is 0 Å². The van der Waals surface area contributed by atoms with Crippen LogP contribution in [0.2, 0.25) is 0 Å². The molecule has 0 bridgehead atoms. The lowest BCUT2D eigenvalue weighted by molar-refractivity contribution is -0.140. The smallest absolute Gasteiger partial charge is 0.243 e. The highest BCUT2D eigenvalue weighted by Crippen LogP contribution is 2.26. The minimum absolute atomic E-state index is 0.0242. The molecule has 1 aliphatic heterocycles. The lowest BCUT2D eigenvalue weighted by atomic mass is 10.2. The Balaban J connectivity index is 2.23. The molecule has 1 heterocycles. The first-order valence-electron chi connectivity index (χ1n) is 7.71. The molecule has 0 aliphatic carbocycles. The molecular weight excluding hydrogens is 288 g/mol. The Kier molecular flexibility index (Phi) is 7.78. The van der Waals surface area contributed by atoms with Crippen LogP contribution in [0.5, 0.6) is 0 Å². The largest absolute Gasteiger partial charge is 0.356 e. The third kappa shape index (κ3) is 5.69. The summed E-state index contributed by atoms with van der Waals surface area (Å²) in [5.74, 6) is 0.394. The van der Waals surface area contributed by atoms with Gasteiger partial charge in [-0.1, -0.05) is 19.8 Å². The molecule has 0 aromatic rings. The lowest BCUT2D eigenvalue weighted by Gasteiger charge is -2.18. The van der Waals surface area contributed by atoms with Gasteiger partial charge in [-0.15, -0.1) is 11.8 Å². The average molecular weight is 314 g/mol. The second-order valence-electron chi connectivity index (χ2n) is 5.57. The molecule has 1 aliphatic rings. The molecule has 1 saturated heterocycles. The van der Waals surface area contributed by atoms with Crippen molar-refractivity contribution in [3.63, 3.8) is 0 Å². The summed E-state index contributed by atoms with van der Waals surface area (Å²) in [6.07, 6.45) is 3.93. The van der Waals surface area contributed by atoms with E-state index in [4.69, 9.17) is 0 Å². The van der Waals surface area contributed by atoms with Crippen molar-refractivity contribution in [3.05, 3.63) is 0 Å². The first-order chi connectivity index (χ1) is 9.97. The highest BCUT2D eigenvalue weighted by atomic mass is 32.2. The normalized spacial score (nSPS) is 18.7. The number of thioether (sulfide) groups is 1. The van der Waals surface area contributed by atoms with Crippen molar-refractivity contribution in [2.24, 2.45) is 0 Å². The van der Waals surface area contributed by atoms with E-state index in [1.165, 1.54) is 16.7 Å². The summed E-state index contributed by atoms with van der Waals surface area (Å²) in [6, 6.07) is -0.0857. The van der Waals surface area contributed by atoms with Crippen LogP contribution >= 0.6 is 11.8 Å². The topological polar surface area (TPSA) is 66.5 Å². The molecule has 6 heteroatoms. The summed E-state index contributed by atoms with van der Waals surface area (Å²) < 4.78 is 0. The summed E-state index contributed by atoms with van der Waals surface area (Å²) in [5.41, 5.74) is 0. The minimum Gasteiger partial charge on any atom is -0.356 e. The van der Waals surface area contributed by atoms with Crippen molar-refractivity contribution in [3.8, 4) is 0 Å². The Hall–Kier alpha value is -1.04. The van der Waals surface area contributed by atoms with Crippen molar-refractivity contribution in [2.45, 2.75) is 64.2 Å². The summed E-state index contributed by atoms with van der Waals surface area (Å²) in [6.45, 7) is 6.53. The van der Waals surface area contributed by atoms with E-state index < -0.39 is 0 Å². The summed E-state index contributed by atoms with van der Waals surface area (Å²) >= 11 is 1.42. The van der Waals surface area contributed by atoms with Crippen LogP contribution in [0, 0.1) is 0 Å². The number of rotatable bonds is 9. The van der Waals surface area contributed by atoms with Crippen molar-refractivity contribution < 1.29 is 14.4 Å². The van der Waals surface area contributed by atoms with Crippen molar-refractivity contribution in [1.82, 2.24) is 10.2 Å². The number of carbonyl (C=O) groups is 3. The van der Waals surface area contributed by atoms with E-state index in [-0.39, 0.29) is 35.4 Å². The van der Waals surface area contributed by atoms with Gasteiger partial charge in [0.05, 0.1) is 5.25 Å². The van der Waals surface area contributed by atoms with E-state index in [1.54, 1.807) is 0 Å². The summed E-state index contributed by atoms with van der Waals surface area (Å²) in [4.78, 5) is 36.8. The van der Waals surface area contributed by atoms with Gasteiger partial charge in [-0.05, 0) is 20.3 Å². The highest BCUT2D eigenvalue weighted by Gasteiger charge is 2.39. The third-order valence-corrected chi connectivity index (χ3v) is 4.62. The molecule has 1 fully saturated rings. The molecule has 3 amide bonds. The van der Waals surface area contributed by atoms with E-state index in [0.717, 1.165) is 25.8 Å². The number of hydrogen-bond donors (Lipinski definition) is 1. The Morgan fingerprint density at radius 3 is 2.67 bits per heavy atom. The van der Waals surface area contributed by atoms with Gasteiger partial charge in [0.2, 0.25) is 17.7 Å². The molecule has 0 radical (unpaired) electrons. The van der Waals surface area contributed by atoms with Gasteiger partial charge in [-0.3, -0.25) is 19.3 Å². The first kappa shape index (κ1) is 18.0. The van der Waals surface area contributed by atoms with E-state index in [2.05, 4.69) is 12.2 Å². The zero-order chi connectivity index (χ0) is 15.8. The fraction of sp³-hybridized carbons (Fsp3) is 0.800. The molecule has 0 aromatic heterocycles. The molecule has 1 rings (SSSR count). The predicted octanol–water partition coefficient (Wildman–Crippen LogP) is 1.95. The maximum atomic E-state index is 12.1. The van der Waals surface area contributed by atoms with Crippen LogP contribution in [0.25, 0.3) is 0 Å². The molecule has 5 nitrogen and oxygen atoms in total. The Morgan fingerprint density at radius 1 is 1.38 bits per heavy atom. The van der Waals surface area contributed by atoms with Gasteiger partial charge in [-0.25, -0.2) is 0 Å². The number of unbranched alkanes of at least 4 members (excludes halogenated alkanes) is 2. The monoisotopic (exact) mass is 314 g/mol. The first-order valence-corrected chi connectivity index (χ1v) is 8.76. The van der Waals surface area contributed by atoms with E-state index >= 15 is 0 Å². The molecule has 1 unspecified atom stereocenters. The Morgan fingerprint density at radius 2 is 2.10 bits per heavy atom. The zero-order valence-corrected chi connectivity index (χ0v) is 14.0. The fourth-order valence-corrected chi connectivity index (χ4v) is 3.38. The molecule has 21 heavy (non-hydrogen) atoms. The molecule has 0 aromatic carbocycles. The van der Waals surface area contributed by atoms with Crippen LogP contribution in [-0.4, -0.2) is 46.2 Å². The van der Waals surface area contributed by atoms with Gasteiger partial charge in [0.25, 0.3) is 0 Å². The van der Waals surface area contributed by atoms with Crippen LogP contribution in [-0.2, 0) is 14.4 Å².